The van der Waals surface area contributed by atoms with Crippen LogP contribution in [0.5, 0.6) is 0 Å². The van der Waals surface area contributed by atoms with Crippen molar-refractivity contribution in [1.82, 2.24) is 15.3 Å². The molecule has 1 aromatic heterocycles. The molecule has 2 heterocycles. The number of carbonyl (C=O) groups excluding carboxylic acids is 1. The third-order valence-corrected chi connectivity index (χ3v) is 3.85. The van der Waals surface area contributed by atoms with Crippen LogP contribution in [-0.4, -0.2) is 15.9 Å². The fourth-order valence-corrected chi connectivity index (χ4v) is 2.70. The van der Waals surface area contributed by atoms with Crippen LogP contribution in [0.4, 0.5) is 20.3 Å². The summed E-state index contributed by atoms with van der Waals surface area (Å²) in [6.07, 6.45) is 0. The molecule has 0 atom stereocenters. The van der Waals surface area contributed by atoms with E-state index < -0.39 is 11.6 Å². The Kier molecular flexibility index (Phi) is 3.61. The Morgan fingerprint density at radius 1 is 0.920 bits per heavy atom. The summed E-state index contributed by atoms with van der Waals surface area (Å²) in [4.78, 5) is 20.5. The number of nitrogens with zero attached hydrogens (tertiary/aromatic N) is 2. The van der Waals surface area contributed by atoms with Gasteiger partial charge in [-0.15, -0.1) is 0 Å². The average molecular weight is 338 g/mol. The lowest BCUT2D eigenvalue weighted by Crippen LogP contribution is -2.14. The highest BCUT2D eigenvalue weighted by Crippen LogP contribution is 2.30. The highest BCUT2D eigenvalue weighted by Gasteiger charge is 2.28. The van der Waals surface area contributed by atoms with Crippen LogP contribution in [0.15, 0.2) is 48.5 Å². The molecule has 1 aliphatic heterocycles. The van der Waals surface area contributed by atoms with Gasteiger partial charge in [-0.2, -0.15) is 0 Å². The molecule has 0 fully saturated rings. The highest BCUT2D eigenvalue weighted by molar-refractivity contribution is 6.03. The number of fused-ring (bicyclic) bond motifs is 1. The molecule has 0 spiro atoms. The molecule has 1 aliphatic rings. The van der Waals surface area contributed by atoms with Crippen molar-refractivity contribution in [2.45, 2.75) is 6.54 Å². The second-order valence-electron chi connectivity index (χ2n) is 5.49. The van der Waals surface area contributed by atoms with Gasteiger partial charge in [0, 0.05) is 5.69 Å². The van der Waals surface area contributed by atoms with Gasteiger partial charge in [0.2, 0.25) is 0 Å². The Bertz CT molecular complexity index is 956. The smallest absolute Gasteiger partial charge is 0.257 e. The van der Waals surface area contributed by atoms with Gasteiger partial charge in [0.05, 0.1) is 17.8 Å². The Hall–Kier alpha value is -3.35. The van der Waals surface area contributed by atoms with Crippen LogP contribution in [0.1, 0.15) is 16.1 Å². The van der Waals surface area contributed by atoms with Crippen molar-refractivity contribution >= 4 is 17.4 Å². The molecular formula is C18H12F2N4O. The van der Waals surface area contributed by atoms with E-state index in [1.54, 1.807) is 12.1 Å². The molecule has 25 heavy (non-hydrogen) atoms. The summed E-state index contributed by atoms with van der Waals surface area (Å²) in [6.45, 7) is 0.184. The molecule has 0 saturated heterocycles. The molecule has 5 nitrogen and oxygen atoms in total. The molecule has 1 amide bonds. The van der Waals surface area contributed by atoms with Gasteiger partial charge in [-0.1, -0.05) is 24.3 Å². The number of para-hydroxylation sites is 1. The lowest BCUT2D eigenvalue weighted by Gasteiger charge is -2.11. The first-order chi connectivity index (χ1) is 12.1. The minimum absolute atomic E-state index is 0.107. The summed E-state index contributed by atoms with van der Waals surface area (Å²) in [7, 11) is 0. The average Bonchev–Trinajstić information content (AvgIpc) is 2.97. The van der Waals surface area contributed by atoms with Crippen LogP contribution in [0.25, 0.3) is 11.4 Å². The fourth-order valence-electron chi connectivity index (χ4n) is 2.70. The number of hydrogen-bond acceptors (Lipinski definition) is 4. The van der Waals surface area contributed by atoms with Crippen molar-refractivity contribution in [3.8, 4) is 11.4 Å². The molecular weight excluding hydrogens is 326 g/mol. The van der Waals surface area contributed by atoms with Crippen LogP contribution in [0, 0.1) is 11.6 Å². The SMILES string of the molecule is O=C1NCc2nc(-c3c(F)cccc3F)nc(Nc3ccccc3)c21. The number of anilines is 2. The predicted molar refractivity (Wildman–Crippen MR) is 88.3 cm³/mol. The van der Waals surface area contributed by atoms with E-state index in [2.05, 4.69) is 20.6 Å². The fraction of sp³-hybridized carbons (Fsp3) is 0.0556. The number of aromatic nitrogens is 2. The molecule has 2 N–H and O–H groups in total. The van der Waals surface area contributed by atoms with Crippen molar-refractivity contribution in [2.75, 3.05) is 5.32 Å². The van der Waals surface area contributed by atoms with Crippen LogP contribution in [-0.2, 0) is 6.54 Å². The Morgan fingerprint density at radius 3 is 2.36 bits per heavy atom. The van der Waals surface area contributed by atoms with E-state index in [1.807, 2.05) is 18.2 Å². The quantitative estimate of drug-likeness (QED) is 0.768. The molecule has 0 radical (unpaired) electrons. The third kappa shape index (κ3) is 2.69. The van der Waals surface area contributed by atoms with E-state index in [9.17, 15) is 13.6 Å². The Labute approximate surface area is 141 Å². The highest BCUT2D eigenvalue weighted by atomic mass is 19.1. The summed E-state index contributed by atoms with van der Waals surface area (Å²) in [5, 5.41) is 5.68. The monoisotopic (exact) mass is 338 g/mol. The lowest BCUT2D eigenvalue weighted by atomic mass is 10.1. The first-order valence-corrected chi connectivity index (χ1v) is 7.59. The van der Waals surface area contributed by atoms with Gasteiger partial charge in [0.15, 0.2) is 5.82 Å². The van der Waals surface area contributed by atoms with Gasteiger partial charge < -0.3 is 10.6 Å². The molecule has 0 saturated carbocycles. The first kappa shape index (κ1) is 15.2. The zero-order valence-electron chi connectivity index (χ0n) is 12.9. The van der Waals surface area contributed by atoms with Crippen LogP contribution in [0.3, 0.4) is 0 Å². The van der Waals surface area contributed by atoms with Crippen LogP contribution < -0.4 is 10.6 Å². The first-order valence-electron chi connectivity index (χ1n) is 7.59. The number of benzene rings is 2. The number of hydrogen-bond donors (Lipinski definition) is 2. The van der Waals surface area contributed by atoms with Crippen molar-refractivity contribution in [3.63, 3.8) is 0 Å². The summed E-state index contributed by atoms with van der Waals surface area (Å²) < 4.78 is 28.2. The van der Waals surface area contributed by atoms with E-state index >= 15 is 0 Å². The molecule has 4 rings (SSSR count). The van der Waals surface area contributed by atoms with Gasteiger partial charge in [0.25, 0.3) is 5.91 Å². The predicted octanol–water partition coefficient (Wildman–Crippen LogP) is 3.41. The maximum Gasteiger partial charge on any atom is 0.257 e. The summed E-state index contributed by atoms with van der Waals surface area (Å²) in [6, 6.07) is 12.6. The number of amides is 1. The van der Waals surface area contributed by atoms with Gasteiger partial charge in [-0.3, -0.25) is 4.79 Å². The normalized spacial score (nSPS) is 12.6. The largest absolute Gasteiger partial charge is 0.346 e. The van der Waals surface area contributed by atoms with Crippen LogP contribution >= 0.6 is 0 Å². The van der Waals surface area contributed by atoms with Gasteiger partial charge in [0.1, 0.15) is 23.0 Å². The van der Waals surface area contributed by atoms with E-state index in [-0.39, 0.29) is 35.2 Å². The van der Waals surface area contributed by atoms with Crippen LogP contribution in [0.2, 0.25) is 0 Å². The topological polar surface area (TPSA) is 66.9 Å². The minimum Gasteiger partial charge on any atom is -0.346 e. The molecule has 0 unspecified atom stereocenters. The number of halogens is 2. The van der Waals surface area contributed by atoms with Gasteiger partial charge in [-0.25, -0.2) is 18.7 Å². The third-order valence-electron chi connectivity index (χ3n) is 3.85. The molecule has 3 aromatic rings. The van der Waals surface area contributed by atoms with Crippen molar-refractivity contribution in [3.05, 3.63) is 71.4 Å². The number of nitrogens with one attached hydrogen (secondary N) is 2. The lowest BCUT2D eigenvalue weighted by molar-refractivity contribution is 0.0966. The minimum atomic E-state index is -0.761. The molecule has 124 valence electrons. The van der Waals surface area contributed by atoms with E-state index in [0.29, 0.717) is 11.4 Å². The molecule has 0 bridgehead atoms. The maximum absolute atomic E-state index is 14.1. The van der Waals surface area contributed by atoms with Crippen molar-refractivity contribution < 1.29 is 13.6 Å². The van der Waals surface area contributed by atoms with E-state index in [1.165, 1.54) is 6.07 Å². The maximum atomic E-state index is 14.1. The number of carbonyl (C=O) groups is 1. The Morgan fingerprint density at radius 2 is 1.64 bits per heavy atom. The zero-order valence-corrected chi connectivity index (χ0v) is 12.9. The summed E-state index contributed by atoms with van der Waals surface area (Å²) in [5.74, 6) is -1.74. The molecule has 0 aliphatic carbocycles. The molecule has 2 aromatic carbocycles. The second kappa shape index (κ2) is 5.94. The summed E-state index contributed by atoms with van der Waals surface area (Å²) >= 11 is 0. The van der Waals surface area contributed by atoms with Crippen molar-refractivity contribution in [1.29, 1.82) is 0 Å². The van der Waals surface area contributed by atoms with E-state index in [0.717, 1.165) is 12.1 Å². The Balaban J connectivity index is 1.88. The summed E-state index contributed by atoms with van der Waals surface area (Å²) in [5.41, 5.74) is 1.06. The van der Waals surface area contributed by atoms with E-state index in [4.69, 9.17) is 0 Å². The molecule has 7 heteroatoms. The standard InChI is InChI=1S/C18H12F2N4O/c19-11-7-4-8-12(20)14(11)16-23-13-9-21-18(25)15(13)17(24-16)22-10-5-2-1-3-6-10/h1-8H,9H2,(H,21,25)(H,22,23,24). The second-order valence-corrected chi connectivity index (χ2v) is 5.49. The van der Waals surface area contributed by atoms with Gasteiger partial charge >= 0.3 is 0 Å². The van der Waals surface area contributed by atoms with Crippen molar-refractivity contribution in [2.24, 2.45) is 0 Å². The number of rotatable bonds is 3. The zero-order chi connectivity index (χ0) is 17.4. The van der Waals surface area contributed by atoms with Gasteiger partial charge in [-0.05, 0) is 24.3 Å².